The zero-order chi connectivity index (χ0) is 22.1. The van der Waals surface area contributed by atoms with Gasteiger partial charge in [0.1, 0.15) is 11.2 Å². The molecule has 9 heteroatoms. The Morgan fingerprint density at radius 3 is 2.88 bits per heavy atom. The number of pyridine rings is 2. The van der Waals surface area contributed by atoms with Crippen LogP contribution in [0, 0.1) is 0 Å². The number of H-pyrrole nitrogens is 1. The molecule has 160 valence electrons. The number of anilines is 2. The highest BCUT2D eigenvalue weighted by Crippen LogP contribution is 2.27. The van der Waals surface area contributed by atoms with Crippen LogP contribution in [-0.4, -0.2) is 43.2 Å². The van der Waals surface area contributed by atoms with E-state index in [1.54, 1.807) is 24.3 Å². The standard InChI is InChI=1S/C23H21N7O2/c1-14(17-6-3-4-10-24-17)30(2)21(31)13-19-16-9-8-15(12-20(16)32-29-19)26-23-22-18(27-28-23)7-5-11-25-22/h3-12,14H,13H2,1-2H3,(H2,26,27,28). The Hall–Kier alpha value is -4.27. The van der Waals surface area contributed by atoms with Crippen molar-refractivity contribution in [1.82, 2.24) is 30.2 Å². The van der Waals surface area contributed by atoms with E-state index in [1.165, 1.54) is 0 Å². The monoisotopic (exact) mass is 427 g/mol. The lowest BCUT2D eigenvalue weighted by atomic mass is 10.1. The molecule has 1 amide bonds. The number of aromatic nitrogens is 5. The summed E-state index contributed by atoms with van der Waals surface area (Å²) in [5.41, 5.74) is 4.41. The number of hydrogen-bond donors (Lipinski definition) is 2. The quantitative estimate of drug-likeness (QED) is 0.421. The van der Waals surface area contributed by atoms with Crippen molar-refractivity contribution in [3.05, 3.63) is 72.3 Å². The normalized spacial score (nSPS) is 12.2. The first kappa shape index (κ1) is 19.7. The van der Waals surface area contributed by atoms with Crippen LogP contribution in [0.1, 0.15) is 24.4 Å². The topological polar surface area (TPSA) is 113 Å². The van der Waals surface area contributed by atoms with Gasteiger partial charge in [-0.25, -0.2) is 0 Å². The number of nitrogens with one attached hydrogen (secondary N) is 2. The molecule has 1 aromatic carbocycles. The van der Waals surface area contributed by atoms with Crippen LogP contribution in [0.5, 0.6) is 0 Å². The van der Waals surface area contributed by atoms with Gasteiger partial charge in [0.25, 0.3) is 0 Å². The Kier molecular flexibility index (Phi) is 4.98. The van der Waals surface area contributed by atoms with Crippen LogP contribution < -0.4 is 5.32 Å². The lowest BCUT2D eigenvalue weighted by Gasteiger charge is -2.24. The van der Waals surface area contributed by atoms with Gasteiger partial charge in [-0.2, -0.15) is 5.10 Å². The molecule has 5 aromatic rings. The third kappa shape index (κ3) is 3.64. The van der Waals surface area contributed by atoms with E-state index in [-0.39, 0.29) is 18.4 Å². The molecule has 2 N–H and O–H groups in total. The van der Waals surface area contributed by atoms with Crippen LogP contribution in [-0.2, 0) is 11.2 Å². The summed E-state index contributed by atoms with van der Waals surface area (Å²) in [7, 11) is 1.77. The molecule has 1 atom stereocenters. The fourth-order valence-electron chi connectivity index (χ4n) is 3.58. The van der Waals surface area contributed by atoms with Crippen molar-refractivity contribution in [2.24, 2.45) is 0 Å². The predicted molar refractivity (Wildman–Crippen MR) is 120 cm³/mol. The van der Waals surface area contributed by atoms with E-state index >= 15 is 0 Å². The van der Waals surface area contributed by atoms with Gasteiger partial charge in [0, 0.05) is 36.6 Å². The van der Waals surface area contributed by atoms with Crippen molar-refractivity contribution >= 4 is 39.4 Å². The van der Waals surface area contributed by atoms with Crippen molar-refractivity contribution in [3.8, 4) is 0 Å². The Morgan fingerprint density at radius 2 is 2.03 bits per heavy atom. The Labute approximate surface area is 183 Å². The maximum atomic E-state index is 12.9. The first-order valence-corrected chi connectivity index (χ1v) is 10.2. The molecule has 0 aliphatic rings. The Balaban J connectivity index is 1.33. The van der Waals surface area contributed by atoms with Crippen LogP contribution in [0.15, 0.2) is 65.4 Å². The van der Waals surface area contributed by atoms with Gasteiger partial charge in [0.15, 0.2) is 11.4 Å². The number of benzene rings is 1. The molecule has 4 aromatic heterocycles. The van der Waals surface area contributed by atoms with Crippen molar-refractivity contribution in [2.75, 3.05) is 12.4 Å². The molecule has 0 saturated heterocycles. The fourth-order valence-corrected chi connectivity index (χ4v) is 3.58. The second-order valence-electron chi connectivity index (χ2n) is 7.55. The molecular weight excluding hydrogens is 406 g/mol. The van der Waals surface area contributed by atoms with E-state index in [0.717, 1.165) is 27.8 Å². The van der Waals surface area contributed by atoms with E-state index in [2.05, 4.69) is 30.6 Å². The SMILES string of the molecule is CC(c1ccccn1)N(C)C(=O)Cc1noc2cc(Nc3n[nH]c4cccnc34)ccc12. The molecule has 1 unspecified atom stereocenters. The second-order valence-corrected chi connectivity index (χ2v) is 7.55. The zero-order valence-corrected chi connectivity index (χ0v) is 17.6. The van der Waals surface area contributed by atoms with Gasteiger partial charge in [-0.05, 0) is 43.3 Å². The summed E-state index contributed by atoms with van der Waals surface area (Å²) < 4.78 is 5.51. The summed E-state index contributed by atoms with van der Waals surface area (Å²) in [6.45, 7) is 1.95. The molecule has 4 heterocycles. The number of hydrogen-bond acceptors (Lipinski definition) is 7. The van der Waals surface area contributed by atoms with Crippen molar-refractivity contribution in [2.45, 2.75) is 19.4 Å². The first-order chi connectivity index (χ1) is 15.6. The van der Waals surface area contributed by atoms with Gasteiger partial charge in [0.05, 0.1) is 23.7 Å². The molecule has 0 aliphatic heterocycles. The highest BCUT2D eigenvalue weighted by molar-refractivity contribution is 5.91. The molecule has 32 heavy (non-hydrogen) atoms. The van der Waals surface area contributed by atoms with Crippen LogP contribution in [0.3, 0.4) is 0 Å². The zero-order valence-electron chi connectivity index (χ0n) is 17.6. The number of nitrogens with zero attached hydrogens (tertiary/aromatic N) is 5. The highest BCUT2D eigenvalue weighted by Gasteiger charge is 2.21. The van der Waals surface area contributed by atoms with Crippen molar-refractivity contribution in [1.29, 1.82) is 0 Å². The number of fused-ring (bicyclic) bond motifs is 2. The fraction of sp³-hybridized carbons (Fsp3) is 0.174. The third-order valence-electron chi connectivity index (χ3n) is 5.54. The average Bonchev–Trinajstić information content (AvgIpc) is 3.42. The summed E-state index contributed by atoms with van der Waals surface area (Å²) in [6.07, 6.45) is 3.59. The summed E-state index contributed by atoms with van der Waals surface area (Å²) in [6, 6.07) is 14.9. The van der Waals surface area contributed by atoms with Gasteiger partial charge in [0.2, 0.25) is 5.91 Å². The molecule has 0 aliphatic carbocycles. The van der Waals surface area contributed by atoms with Crippen LogP contribution in [0.25, 0.3) is 22.0 Å². The van der Waals surface area contributed by atoms with Gasteiger partial charge in [-0.3, -0.25) is 19.9 Å². The smallest absolute Gasteiger partial charge is 0.229 e. The second kappa shape index (κ2) is 8.10. The van der Waals surface area contributed by atoms with Gasteiger partial charge in [-0.15, -0.1) is 0 Å². The largest absolute Gasteiger partial charge is 0.356 e. The number of carbonyl (C=O) groups is 1. The van der Waals surface area contributed by atoms with E-state index in [4.69, 9.17) is 4.52 Å². The molecule has 0 saturated carbocycles. The molecule has 5 rings (SSSR count). The van der Waals surface area contributed by atoms with Crippen molar-refractivity contribution < 1.29 is 9.32 Å². The molecule has 0 radical (unpaired) electrons. The van der Waals surface area contributed by atoms with E-state index < -0.39 is 0 Å². The molecule has 9 nitrogen and oxygen atoms in total. The van der Waals surface area contributed by atoms with Crippen LogP contribution in [0.2, 0.25) is 0 Å². The third-order valence-corrected chi connectivity index (χ3v) is 5.54. The number of carbonyl (C=O) groups excluding carboxylic acids is 1. The highest BCUT2D eigenvalue weighted by atomic mass is 16.5. The number of amides is 1. The number of likely N-dealkylation sites (N-methyl/N-ethyl adjacent to an activating group) is 1. The van der Waals surface area contributed by atoms with E-state index in [0.29, 0.717) is 17.1 Å². The molecular formula is C23H21N7O2. The van der Waals surface area contributed by atoms with Gasteiger partial charge in [-0.1, -0.05) is 11.2 Å². The maximum Gasteiger partial charge on any atom is 0.229 e. The van der Waals surface area contributed by atoms with E-state index in [9.17, 15) is 4.79 Å². The Bertz CT molecular complexity index is 1390. The summed E-state index contributed by atoms with van der Waals surface area (Å²) in [5.74, 6) is 0.564. The lowest BCUT2D eigenvalue weighted by molar-refractivity contribution is -0.131. The van der Waals surface area contributed by atoms with Crippen molar-refractivity contribution in [3.63, 3.8) is 0 Å². The van der Waals surface area contributed by atoms with E-state index in [1.807, 2.05) is 55.5 Å². The Morgan fingerprint density at radius 1 is 1.16 bits per heavy atom. The van der Waals surface area contributed by atoms with Gasteiger partial charge < -0.3 is 14.7 Å². The number of aromatic amines is 1. The van der Waals surface area contributed by atoms with Gasteiger partial charge >= 0.3 is 0 Å². The minimum atomic E-state index is -0.144. The van der Waals surface area contributed by atoms with Crippen LogP contribution >= 0.6 is 0 Å². The minimum Gasteiger partial charge on any atom is -0.356 e. The summed E-state index contributed by atoms with van der Waals surface area (Å²) >= 11 is 0. The summed E-state index contributed by atoms with van der Waals surface area (Å²) in [5, 5.41) is 15.4. The predicted octanol–water partition coefficient (Wildman–Crippen LogP) is 4.00. The first-order valence-electron chi connectivity index (χ1n) is 10.2. The lowest BCUT2D eigenvalue weighted by Crippen LogP contribution is -2.31. The summed E-state index contributed by atoms with van der Waals surface area (Å²) in [4.78, 5) is 23.2. The molecule has 0 spiro atoms. The van der Waals surface area contributed by atoms with Crippen LogP contribution in [0.4, 0.5) is 11.5 Å². The molecule has 0 fully saturated rings. The molecule has 0 bridgehead atoms. The average molecular weight is 427 g/mol. The maximum absolute atomic E-state index is 12.9. The minimum absolute atomic E-state index is 0.0605. The number of rotatable bonds is 6.